The summed E-state index contributed by atoms with van der Waals surface area (Å²) in [5.41, 5.74) is 1.11. The molecular weight excluding hydrogens is 282 g/mol. The summed E-state index contributed by atoms with van der Waals surface area (Å²) in [6, 6.07) is 14.7. The first-order valence-corrected chi connectivity index (χ1v) is 7.86. The molecule has 4 rings (SSSR count). The molecule has 21 heavy (non-hydrogen) atoms. The topological polar surface area (TPSA) is 35.9 Å². The molecule has 0 saturated carbocycles. The number of anilines is 1. The second-order valence-corrected chi connectivity index (χ2v) is 6.63. The van der Waals surface area contributed by atoms with Crippen molar-refractivity contribution in [3.8, 4) is 0 Å². The van der Waals surface area contributed by atoms with E-state index in [1.54, 1.807) is 16.7 Å². The number of fused-ring (bicyclic) bond motifs is 2. The van der Waals surface area contributed by atoms with Gasteiger partial charge in [0.1, 0.15) is 13.3 Å². The van der Waals surface area contributed by atoms with Crippen molar-refractivity contribution in [3.63, 3.8) is 0 Å². The van der Waals surface area contributed by atoms with Crippen LogP contribution in [0.25, 0.3) is 10.8 Å². The van der Waals surface area contributed by atoms with Crippen molar-refractivity contribution in [1.82, 2.24) is 4.90 Å². The lowest BCUT2D eigenvalue weighted by Crippen LogP contribution is -2.45. The highest BCUT2D eigenvalue weighted by Crippen LogP contribution is 2.31. The number of aliphatic imine (C=N–C) groups is 1. The summed E-state index contributed by atoms with van der Waals surface area (Å²) in [5, 5.41) is 3.29. The number of benzene rings is 2. The summed E-state index contributed by atoms with van der Waals surface area (Å²) < 4.78 is 0. The quantitative estimate of drug-likeness (QED) is 0.812. The van der Waals surface area contributed by atoms with Crippen molar-refractivity contribution in [2.75, 3.05) is 18.2 Å². The van der Waals surface area contributed by atoms with Gasteiger partial charge in [0, 0.05) is 5.69 Å². The van der Waals surface area contributed by atoms with Gasteiger partial charge in [-0.1, -0.05) is 42.1 Å². The zero-order valence-corrected chi connectivity index (χ0v) is 12.5. The van der Waals surface area contributed by atoms with Gasteiger partial charge in [-0.05, 0) is 29.8 Å². The number of amides is 1. The number of amidine groups is 1. The third-order valence-electron chi connectivity index (χ3n) is 3.91. The van der Waals surface area contributed by atoms with Crippen LogP contribution in [0.4, 0.5) is 5.69 Å². The second kappa shape index (κ2) is 4.77. The van der Waals surface area contributed by atoms with Gasteiger partial charge in [-0.2, -0.15) is 0 Å². The Bertz CT molecular complexity index is 758. The van der Waals surface area contributed by atoms with Gasteiger partial charge in [0.25, 0.3) is 0 Å². The number of rotatable bonds is 1. The van der Waals surface area contributed by atoms with E-state index in [1.807, 2.05) is 19.1 Å². The average molecular weight is 297 g/mol. The monoisotopic (exact) mass is 297 g/mol. The van der Waals surface area contributed by atoms with Gasteiger partial charge >= 0.3 is 0 Å². The molecule has 1 saturated heterocycles. The molecule has 2 heterocycles. The molecule has 4 nitrogen and oxygen atoms in total. The summed E-state index contributed by atoms with van der Waals surface area (Å²) in [7, 11) is 0. The Morgan fingerprint density at radius 3 is 2.86 bits per heavy atom. The van der Waals surface area contributed by atoms with E-state index in [4.69, 9.17) is 0 Å². The van der Waals surface area contributed by atoms with Crippen molar-refractivity contribution in [3.05, 3.63) is 42.5 Å². The first kappa shape index (κ1) is 12.7. The van der Waals surface area contributed by atoms with Crippen molar-refractivity contribution >= 4 is 39.3 Å². The van der Waals surface area contributed by atoms with Gasteiger partial charge in [0.2, 0.25) is 5.91 Å². The smallest absolute Gasteiger partial charge is 0.243 e. The number of hydrogen-bond acceptors (Lipinski definition) is 4. The standard InChI is InChI=1S/C16H15N3OS/c1-11-15(20)19-10-18(9-17-16(19)21-11)14-7-6-12-4-2-3-5-13(12)8-14/h2-8,11H,9-10H2,1H3/t11-/m1/s1. The first-order valence-electron chi connectivity index (χ1n) is 6.98. The molecule has 0 aromatic heterocycles. The minimum atomic E-state index is -0.0136. The van der Waals surface area contributed by atoms with Gasteiger partial charge in [-0.15, -0.1) is 0 Å². The van der Waals surface area contributed by atoms with Crippen LogP contribution >= 0.6 is 11.8 Å². The molecule has 2 aliphatic heterocycles. The first-order chi connectivity index (χ1) is 10.2. The summed E-state index contributed by atoms with van der Waals surface area (Å²) in [5.74, 6) is 0.157. The molecule has 1 atom stereocenters. The maximum atomic E-state index is 12.1. The fraction of sp³-hybridized carbons (Fsp3) is 0.250. The van der Waals surface area contributed by atoms with Crippen LogP contribution < -0.4 is 4.90 Å². The van der Waals surface area contributed by atoms with Crippen LogP contribution in [-0.4, -0.2) is 34.6 Å². The Balaban J connectivity index is 1.66. The number of hydrogen-bond donors (Lipinski definition) is 0. The Morgan fingerprint density at radius 1 is 1.19 bits per heavy atom. The maximum absolute atomic E-state index is 12.1. The minimum absolute atomic E-state index is 0.0136. The van der Waals surface area contributed by atoms with Crippen LogP contribution in [0, 0.1) is 0 Å². The molecule has 1 amide bonds. The molecule has 2 aromatic rings. The fourth-order valence-corrected chi connectivity index (χ4v) is 3.69. The van der Waals surface area contributed by atoms with E-state index in [2.05, 4.69) is 40.2 Å². The molecule has 2 aromatic carbocycles. The number of carbonyl (C=O) groups excluding carboxylic acids is 1. The van der Waals surface area contributed by atoms with E-state index in [-0.39, 0.29) is 11.2 Å². The highest BCUT2D eigenvalue weighted by atomic mass is 32.2. The molecule has 106 valence electrons. The van der Waals surface area contributed by atoms with Gasteiger partial charge in [-0.3, -0.25) is 9.69 Å². The summed E-state index contributed by atoms with van der Waals surface area (Å²) >= 11 is 1.56. The van der Waals surface area contributed by atoms with E-state index < -0.39 is 0 Å². The molecule has 0 radical (unpaired) electrons. The van der Waals surface area contributed by atoms with Crippen molar-refractivity contribution in [1.29, 1.82) is 0 Å². The molecular formula is C16H15N3OS. The molecule has 0 bridgehead atoms. The molecule has 0 aliphatic carbocycles. The molecule has 0 unspecified atom stereocenters. The Labute approximate surface area is 127 Å². The Kier molecular flexibility index (Phi) is 2.89. The van der Waals surface area contributed by atoms with E-state index in [9.17, 15) is 4.79 Å². The van der Waals surface area contributed by atoms with Crippen molar-refractivity contribution < 1.29 is 4.79 Å². The highest BCUT2D eigenvalue weighted by molar-refractivity contribution is 8.15. The van der Waals surface area contributed by atoms with Crippen LogP contribution in [0.1, 0.15) is 6.92 Å². The summed E-state index contributed by atoms with van der Waals surface area (Å²) in [4.78, 5) is 20.6. The minimum Gasteiger partial charge on any atom is -0.334 e. The van der Waals surface area contributed by atoms with Gasteiger partial charge in [0.15, 0.2) is 5.17 Å². The Hall–Kier alpha value is -2.01. The van der Waals surface area contributed by atoms with Gasteiger partial charge in [-0.25, -0.2) is 4.99 Å². The van der Waals surface area contributed by atoms with Crippen LogP contribution in [0.15, 0.2) is 47.5 Å². The largest absolute Gasteiger partial charge is 0.334 e. The molecule has 0 N–H and O–H groups in total. The third kappa shape index (κ3) is 2.08. The highest BCUT2D eigenvalue weighted by Gasteiger charge is 2.37. The molecule has 0 spiro atoms. The van der Waals surface area contributed by atoms with Crippen LogP contribution in [0.3, 0.4) is 0 Å². The second-order valence-electron chi connectivity index (χ2n) is 5.32. The third-order valence-corrected chi connectivity index (χ3v) is 5.03. The SMILES string of the molecule is C[C@H]1SC2=NCN(c3ccc4ccccc4c3)CN2C1=O. The number of carbonyl (C=O) groups is 1. The predicted octanol–water partition coefficient (Wildman–Crippen LogP) is 2.89. The summed E-state index contributed by atoms with van der Waals surface area (Å²) in [6.45, 7) is 3.14. The zero-order valence-electron chi connectivity index (χ0n) is 11.7. The molecule has 2 aliphatic rings. The van der Waals surface area contributed by atoms with Crippen molar-refractivity contribution in [2.45, 2.75) is 12.2 Å². The fourth-order valence-electron chi connectivity index (χ4n) is 2.74. The molecule has 5 heteroatoms. The number of nitrogens with zero attached hydrogens (tertiary/aromatic N) is 3. The van der Waals surface area contributed by atoms with E-state index >= 15 is 0 Å². The van der Waals surface area contributed by atoms with Crippen LogP contribution in [0.5, 0.6) is 0 Å². The lowest BCUT2D eigenvalue weighted by molar-refractivity contribution is -0.126. The normalized spacial score (nSPS) is 21.7. The lowest BCUT2D eigenvalue weighted by Gasteiger charge is -2.32. The van der Waals surface area contributed by atoms with E-state index in [0.717, 1.165) is 10.9 Å². The van der Waals surface area contributed by atoms with Crippen LogP contribution in [0.2, 0.25) is 0 Å². The van der Waals surface area contributed by atoms with E-state index in [1.165, 1.54) is 10.8 Å². The lowest BCUT2D eigenvalue weighted by atomic mass is 10.1. The predicted molar refractivity (Wildman–Crippen MR) is 87.5 cm³/mol. The Morgan fingerprint density at radius 2 is 2.00 bits per heavy atom. The summed E-state index contributed by atoms with van der Waals surface area (Å²) in [6.07, 6.45) is 0. The average Bonchev–Trinajstić information content (AvgIpc) is 2.81. The van der Waals surface area contributed by atoms with Gasteiger partial charge < -0.3 is 4.90 Å². The zero-order chi connectivity index (χ0) is 14.4. The molecule has 1 fully saturated rings. The van der Waals surface area contributed by atoms with E-state index in [0.29, 0.717) is 13.3 Å². The van der Waals surface area contributed by atoms with Crippen molar-refractivity contribution in [2.24, 2.45) is 4.99 Å². The number of thioether (sulfide) groups is 1. The maximum Gasteiger partial charge on any atom is 0.243 e. The van der Waals surface area contributed by atoms with Crippen LogP contribution in [-0.2, 0) is 4.79 Å². The van der Waals surface area contributed by atoms with Gasteiger partial charge in [0.05, 0.1) is 5.25 Å².